The standard InChI is InChI=1S/C13H15N3O3S/c1-16-6-2-4-9(12(16)18)15-13(19)14-8-10(17)11-5-3-7-20-11/h2-7,10,17H,8H2,1H3,(H2,14,15,19)/t10-/m1/s1. The minimum absolute atomic E-state index is 0.0828. The van der Waals surface area contributed by atoms with Gasteiger partial charge in [0.15, 0.2) is 0 Å². The lowest BCUT2D eigenvalue weighted by Crippen LogP contribution is -2.34. The summed E-state index contributed by atoms with van der Waals surface area (Å²) < 4.78 is 1.37. The van der Waals surface area contributed by atoms with Crippen LogP contribution in [0.4, 0.5) is 10.5 Å². The summed E-state index contributed by atoms with van der Waals surface area (Å²) in [6.45, 7) is 0.0828. The third kappa shape index (κ3) is 3.46. The van der Waals surface area contributed by atoms with Crippen molar-refractivity contribution in [3.8, 4) is 0 Å². The summed E-state index contributed by atoms with van der Waals surface area (Å²) in [6.07, 6.45) is 0.853. The van der Waals surface area contributed by atoms with Gasteiger partial charge in [0.2, 0.25) is 0 Å². The predicted molar refractivity (Wildman–Crippen MR) is 78.0 cm³/mol. The molecule has 2 rings (SSSR count). The molecule has 0 unspecified atom stereocenters. The number of amides is 2. The van der Waals surface area contributed by atoms with E-state index in [4.69, 9.17) is 0 Å². The Bertz CT molecular complexity index is 637. The van der Waals surface area contributed by atoms with Crippen LogP contribution >= 0.6 is 11.3 Å². The van der Waals surface area contributed by atoms with Crippen molar-refractivity contribution in [2.75, 3.05) is 11.9 Å². The normalized spacial score (nSPS) is 11.9. The molecule has 20 heavy (non-hydrogen) atoms. The van der Waals surface area contributed by atoms with Gasteiger partial charge in [0.05, 0.1) is 6.54 Å². The molecule has 2 heterocycles. The molecule has 2 amide bonds. The smallest absolute Gasteiger partial charge is 0.319 e. The first-order chi connectivity index (χ1) is 9.58. The van der Waals surface area contributed by atoms with Gasteiger partial charge >= 0.3 is 6.03 Å². The van der Waals surface area contributed by atoms with Crippen LogP contribution in [0.25, 0.3) is 0 Å². The van der Waals surface area contributed by atoms with Gasteiger partial charge < -0.3 is 20.3 Å². The molecule has 0 bridgehead atoms. The number of nitrogens with one attached hydrogen (secondary N) is 2. The summed E-state index contributed by atoms with van der Waals surface area (Å²) in [7, 11) is 1.60. The first-order valence-corrected chi connectivity index (χ1v) is 6.88. The molecule has 0 aliphatic heterocycles. The van der Waals surface area contributed by atoms with Crippen molar-refractivity contribution in [1.29, 1.82) is 0 Å². The maximum absolute atomic E-state index is 11.7. The summed E-state index contributed by atoms with van der Waals surface area (Å²) in [4.78, 5) is 24.2. The highest BCUT2D eigenvalue weighted by Gasteiger charge is 2.11. The van der Waals surface area contributed by atoms with Crippen molar-refractivity contribution >= 4 is 23.1 Å². The molecule has 106 valence electrons. The summed E-state index contributed by atoms with van der Waals surface area (Å²) >= 11 is 1.42. The molecular weight excluding hydrogens is 278 g/mol. The molecule has 0 spiro atoms. The van der Waals surface area contributed by atoms with E-state index in [1.165, 1.54) is 22.0 Å². The topological polar surface area (TPSA) is 83.4 Å². The van der Waals surface area contributed by atoms with Gasteiger partial charge in [-0.2, -0.15) is 0 Å². The van der Waals surface area contributed by atoms with Crippen molar-refractivity contribution in [2.24, 2.45) is 7.05 Å². The summed E-state index contributed by atoms with van der Waals surface area (Å²) in [5.41, 5.74) is -0.0976. The average Bonchev–Trinajstić information content (AvgIpc) is 2.95. The Morgan fingerprint density at radius 2 is 2.25 bits per heavy atom. The first kappa shape index (κ1) is 14.3. The fourth-order valence-corrected chi connectivity index (χ4v) is 2.34. The lowest BCUT2D eigenvalue weighted by Gasteiger charge is -2.11. The Morgan fingerprint density at radius 1 is 1.45 bits per heavy atom. The van der Waals surface area contributed by atoms with Gasteiger partial charge in [0.25, 0.3) is 5.56 Å². The van der Waals surface area contributed by atoms with Crippen LogP contribution in [-0.2, 0) is 7.05 Å². The van der Waals surface area contributed by atoms with E-state index in [9.17, 15) is 14.7 Å². The zero-order valence-electron chi connectivity index (χ0n) is 10.9. The fourth-order valence-electron chi connectivity index (χ4n) is 1.63. The van der Waals surface area contributed by atoms with E-state index in [0.29, 0.717) is 0 Å². The second kappa shape index (κ2) is 6.36. The molecule has 0 aromatic carbocycles. The molecule has 0 aliphatic carbocycles. The number of hydrogen-bond donors (Lipinski definition) is 3. The van der Waals surface area contributed by atoms with E-state index in [0.717, 1.165) is 4.88 Å². The Labute approximate surface area is 119 Å². The highest BCUT2D eigenvalue weighted by Crippen LogP contribution is 2.17. The molecule has 0 saturated heterocycles. The summed E-state index contributed by atoms with van der Waals surface area (Å²) in [5.74, 6) is 0. The summed E-state index contributed by atoms with van der Waals surface area (Å²) in [5, 5.41) is 16.7. The molecule has 1 atom stereocenters. The zero-order valence-corrected chi connectivity index (χ0v) is 11.7. The van der Waals surface area contributed by atoms with Gasteiger partial charge in [-0.25, -0.2) is 4.79 Å². The molecular formula is C13H15N3O3S. The lowest BCUT2D eigenvalue weighted by atomic mass is 10.3. The number of rotatable bonds is 4. The third-order valence-electron chi connectivity index (χ3n) is 2.70. The molecule has 2 aromatic rings. The number of pyridine rings is 1. The van der Waals surface area contributed by atoms with Crippen LogP contribution in [0.5, 0.6) is 0 Å². The fraction of sp³-hybridized carbons (Fsp3) is 0.231. The lowest BCUT2D eigenvalue weighted by molar-refractivity contribution is 0.178. The average molecular weight is 293 g/mol. The molecule has 7 heteroatoms. The van der Waals surface area contributed by atoms with Gasteiger partial charge in [0.1, 0.15) is 11.8 Å². The van der Waals surface area contributed by atoms with Crippen molar-refractivity contribution < 1.29 is 9.90 Å². The number of aliphatic hydroxyl groups is 1. The molecule has 0 saturated carbocycles. The second-order valence-corrected chi connectivity index (χ2v) is 5.18. The van der Waals surface area contributed by atoms with E-state index >= 15 is 0 Å². The van der Waals surface area contributed by atoms with Gasteiger partial charge in [-0.15, -0.1) is 11.3 Å². The number of carbonyl (C=O) groups is 1. The van der Waals surface area contributed by atoms with Gasteiger partial charge in [-0.1, -0.05) is 6.07 Å². The highest BCUT2D eigenvalue weighted by atomic mass is 32.1. The maximum atomic E-state index is 11.7. The number of aliphatic hydroxyl groups excluding tert-OH is 1. The Morgan fingerprint density at radius 3 is 2.95 bits per heavy atom. The van der Waals surface area contributed by atoms with Crippen LogP contribution in [0.3, 0.4) is 0 Å². The molecule has 0 radical (unpaired) electrons. The Hall–Kier alpha value is -2.12. The van der Waals surface area contributed by atoms with Crippen LogP contribution in [0, 0.1) is 0 Å². The summed E-state index contributed by atoms with van der Waals surface area (Å²) in [6, 6.07) is 6.29. The third-order valence-corrected chi connectivity index (χ3v) is 3.67. The highest BCUT2D eigenvalue weighted by molar-refractivity contribution is 7.10. The minimum Gasteiger partial charge on any atom is -0.386 e. The number of aryl methyl sites for hydroxylation is 1. The first-order valence-electron chi connectivity index (χ1n) is 6.00. The molecule has 0 fully saturated rings. The van der Waals surface area contributed by atoms with Gasteiger partial charge in [-0.05, 0) is 23.6 Å². The van der Waals surface area contributed by atoms with Crippen molar-refractivity contribution in [3.63, 3.8) is 0 Å². The van der Waals surface area contributed by atoms with Crippen molar-refractivity contribution in [2.45, 2.75) is 6.10 Å². The largest absolute Gasteiger partial charge is 0.386 e. The number of thiophene rings is 1. The molecule has 6 nitrogen and oxygen atoms in total. The van der Waals surface area contributed by atoms with E-state index in [-0.39, 0.29) is 17.8 Å². The van der Waals surface area contributed by atoms with E-state index in [2.05, 4.69) is 10.6 Å². The quantitative estimate of drug-likeness (QED) is 0.794. The number of urea groups is 1. The number of nitrogens with zero attached hydrogens (tertiary/aromatic N) is 1. The number of aromatic nitrogens is 1. The number of hydrogen-bond acceptors (Lipinski definition) is 4. The molecule has 0 aliphatic rings. The second-order valence-electron chi connectivity index (χ2n) is 4.20. The Kier molecular flexibility index (Phi) is 4.54. The van der Waals surface area contributed by atoms with Crippen molar-refractivity contribution in [3.05, 3.63) is 51.1 Å². The number of carbonyl (C=O) groups excluding carboxylic acids is 1. The minimum atomic E-state index is -0.751. The van der Waals surface area contributed by atoms with Crippen LogP contribution < -0.4 is 16.2 Å². The van der Waals surface area contributed by atoms with Crippen LogP contribution in [0.1, 0.15) is 11.0 Å². The SMILES string of the molecule is Cn1cccc(NC(=O)NC[C@@H](O)c2cccs2)c1=O. The van der Waals surface area contributed by atoms with Crippen molar-refractivity contribution in [1.82, 2.24) is 9.88 Å². The van der Waals surface area contributed by atoms with E-state index < -0.39 is 12.1 Å². The zero-order chi connectivity index (χ0) is 14.5. The van der Waals surface area contributed by atoms with Gasteiger partial charge in [0, 0.05) is 18.1 Å². The van der Waals surface area contributed by atoms with Crippen LogP contribution in [0.15, 0.2) is 40.6 Å². The monoisotopic (exact) mass is 293 g/mol. The Balaban J connectivity index is 1.90. The van der Waals surface area contributed by atoms with E-state index in [1.807, 2.05) is 11.4 Å². The van der Waals surface area contributed by atoms with Crippen LogP contribution in [0.2, 0.25) is 0 Å². The molecule has 3 N–H and O–H groups in total. The predicted octanol–water partition coefficient (Wildman–Crippen LogP) is 1.30. The van der Waals surface area contributed by atoms with E-state index in [1.54, 1.807) is 25.4 Å². The number of anilines is 1. The van der Waals surface area contributed by atoms with Crippen LogP contribution in [-0.4, -0.2) is 22.2 Å². The maximum Gasteiger partial charge on any atom is 0.319 e. The van der Waals surface area contributed by atoms with Gasteiger partial charge in [-0.3, -0.25) is 4.79 Å². The molecule has 2 aromatic heterocycles.